The summed E-state index contributed by atoms with van der Waals surface area (Å²) < 4.78 is 21.7. The molecule has 2 aliphatic rings. The smallest absolute Gasteiger partial charge is 0.227 e. The number of amides is 1. The van der Waals surface area contributed by atoms with Crippen molar-refractivity contribution >= 4 is 17.8 Å². The van der Waals surface area contributed by atoms with Gasteiger partial charge in [0.25, 0.3) is 0 Å². The van der Waals surface area contributed by atoms with Crippen LogP contribution >= 0.6 is 0 Å². The third-order valence-corrected chi connectivity index (χ3v) is 7.73. The van der Waals surface area contributed by atoms with Gasteiger partial charge in [0.1, 0.15) is 0 Å². The first-order valence-corrected chi connectivity index (χ1v) is 14.0. The molecule has 0 aromatic heterocycles. The molecule has 236 valence electrons. The predicted molar refractivity (Wildman–Crippen MR) is 152 cm³/mol. The molecule has 2 aromatic rings. The first-order chi connectivity index (χ1) is 20.5. The number of carbonyl (C=O) groups is 3. The van der Waals surface area contributed by atoms with Crippen LogP contribution in [0.1, 0.15) is 41.0 Å². The Bertz CT molecular complexity index is 1300. The Morgan fingerprint density at radius 1 is 0.953 bits per heavy atom. The first kappa shape index (κ1) is 33.5. The fraction of sp³-hybridized carbons (Fsp3) is 0.516. The average molecular weight is 601 g/mol. The number of methoxy groups -OCH3 is 4. The molecular weight excluding hydrogens is 560 g/mol. The van der Waals surface area contributed by atoms with Crippen LogP contribution in [-0.4, -0.2) is 101 Å². The lowest BCUT2D eigenvalue weighted by Gasteiger charge is -2.34. The Balaban J connectivity index is 0.000000489. The van der Waals surface area contributed by atoms with Crippen LogP contribution in [-0.2, 0) is 33.6 Å². The summed E-state index contributed by atoms with van der Waals surface area (Å²) in [6, 6.07) is 8.18. The largest absolute Gasteiger partial charge is 0.550 e. The zero-order chi connectivity index (χ0) is 31.7. The molecule has 1 aliphatic carbocycles. The lowest BCUT2D eigenvalue weighted by atomic mass is 9.77. The SMILES string of the molecule is COc1cc2c(cc1OC)CC(=O)N(CCCN(C)C[C@H]1Cc3cc(OC)c(OC)cc31)CC2.O=C([O-])C[C@H](O)C(=O)[O-]. The third kappa shape index (κ3) is 8.74. The topological polar surface area (TPSA) is 161 Å². The van der Waals surface area contributed by atoms with Crippen LogP contribution in [0.4, 0.5) is 0 Å². The number of likely N-dealkylation sites (N-methyl/N-ethyl adjacent to an activating group) is 1. The van der Waals surface area contributed by atoms with Gasteiger partial charge in [-0.2, -0.15) is 0 Å². The Hall–Kier alpha value is -4.03. The number of carboxylic acid groups (broad SMARTS) is 2. The number of ether oxygens (including phenoxy) is 4. The average Bonchev–Trinajstić information content (AvgIpc) is 3.12. The molecule has 12 nitrogen and oxygen atoms in total. The van der Waals surface area contributed by atoms with Crippen LogP contribution < -0.4 is 29.2 Å². The minimum Gasteiger partial charge on any atom is -0.550 e. The number of rotatable bonds is 13. The van der Waals surface area contributed by atoms with E-state index in [2.05, 4.69) is 24.1 Å². The Labute approximate surface area is 251 Å². The minimum atomic E-state index is -1.96. The van der Waals surface area contributed by atoms with Gasteiger partial charge >= 0.3 is 0 Å². The molecule has 2 atom stereocenters. The third-order valence-electron chi connectivity index (χ3n) is 7.73. The van der Waals surface area contributed by atoms with Crippen LogP contribution in [0.25, 0.3) is 0 Å². The van der Waals surface area contributed by atoms with Gasteiger partial charge in [-0.3, -0.25) is 4.79 Å². The number of aliphatic hydroxyl groups excluding tert-OH is 1. The van der Waals surface area contributed by atoms with Crippen molar-refractivity contribution in [3.05, 3.63) is 46.5 Å². The van der Waals surface area contributed by atoms with Crippen molar-refractivity contribution in [2.45, 2.75) is 44.1 Å². The van der Waals surface area contributed by atoms with E-state index >= 15 is 0 Å². The van der Waals surface area contributed by atoms with Crippen molar-refractivity contribution in [1.82, 2.24) is 9.80 Å². The molecule has 1 amide bonds. The van der Waals surface area contributed by atoms with Gasteiger partial charge < -0.3 is 53.7 Å². The summed E-state index contributed by atoms with van der Waals surface area (Å²) in [6.07, 6.45) is 0.376. The molecule has 4 rings (SSSR count). The number of hydrogen-bond donors (Lipinski definition) is 1. The van der Waals surface area contributed by atoms with Gasteiger partial charge in [-0.25, -0.2) is 0 Å². The number of carbonyl (C=O) groups excluding carboxylic acids is 3. The molecule has 0 spiro atoms. The van der Waals surface area contributed by atoms with E-state index in [1.807, 2.05) is 17.0 Å². The van der Waals surface area contributed by atoms with Gasteiger partial charge in [-0.15, -0.1) is 0 Å². The lowest BCUT2D eigenvalue weighted by molar-refractivity contribution is -0.323. The monoisotopic (exact) mass is 600 g/mol. The molecule has 0 fully saturated rings. The molecule has 0 unspecified atom stereocenters. The normalized spacial score (nSPS) is 16.0. The van der Waals surface area contributed by atoms with E-state index in [0.717, 1.165) is 68.3 Å². The zero-order valence-electron chi connectivity index (χ0n) is 25.3. The second-order valence-electron chi connectivity index (χ2n) is 10.6. The minimum absolute atomic E-state index is 0.183. The van der Waals surface area contributed by atoms with Gasteiger partial charge in [-0.05, 0) is 79.4 Å². The fourth-order valence-corrected chi connectivity index (χ4v) is 5.39. The Kier molecular flexibility index (Phi) is 12.0. The Morgan fingerprint density at radius 2 is 1.51 bits per heavy atom. The van der Waals surface area contributed by atoms with E-state index < -0.39 is 24.5 Å². The molecule has 2 aromatic carbocycles. The number of aliphatic carboxylic acids is 2. The Morgan fingerprint density at radius 3 is 2.05 bits per heavy atom. The van der Waals surface area contributed by atoms with Crippen molar-refractivity contribution in [3.63, 3.8) is 0 Å². The number of aliphatic hydroxyl groups is 1. The van der Waals surface area contributed by atoms with Gasteiger partial charge in [-0.1, -0.05) is 0 Å². The summed E-state index contributed by atoms with van der Waals surface area (Å²) in [5.74, 6) is 0.265. The van der Waals surface area contributed by atoms with E-state index in [0.29, 0.717) is 18.1 Å². The quantitative estimate of drug-likeness (QED) is 0.317. The number of benzene rings is 2. The predicted octanol–water partition coefficient (Wildman–Crippen LogP) is -0.453. The molecule has 12 heteroatoms. The van der Waals surface area contributed by atoms with E-state index in [1.54, 1.807) is 28.4 Å². The van der Waals surface area contributed by atoms with Crippen molar-refractivity contribution in [2.24, 2.45) is 0 Å². The highest BCUT2D eigenvalue weighted by atomic mass is 16.5. The summed E-state index contributed by atoms with van der Waals surface area (Å²) >= 11 is 0. The number of nitrogens with zero attached hydrogens (tertiary/aromatic N) is 2. The molecule has 1 heterocycles. The number of hydrogen-bond acceptors (Lipinski definition) is 11. The fourth-order valence-electron chi connectivity index (χ4n) is 5.39. The maximum Gasteiger partial charge on any atom is 0.227 e. The summed E-state index contributed by atoms with van der Waals surface area (Å²) in [4.78, 5) is 36.4. The molecule has 0 saturated heterocycles. The van der Waals surface area contributed by atoms with E-state index in [4.69, 9.17) is 24.1 Å². The van der Waals surface area contributed by atoms with Crippen LogP contribution in [0, 0.1) is 0 Å². The summed E-state index contributed by atoms with van der Waals surface area (Å²) in [5, 5.41) is 27.3. The lowest BCUT2D eigenvalue weighted by Crippen LogP contribution is -2.39. The van der Waals surface area contributed by atoms with Gasteiger partial charge in [0.15, 0.2) is 23.0 Å². The molecule has 1 aliphatic heterocycles. The van der Waals surface area contributed by atoms with Crippen molar-refractivity contribution in [2.75, 3.05) is 61.7 Å². The second kappa shape index (κ2) is 15.4. The second-order valence-corrected chi connectivity index (χ2v) is 10.6. The standard InChI is InChI=1S/C27H36N2O5.C4H6O5/c1-28(17-21-11-20-14-25(33-4)26(34-5)16-22(20)21)8-6-9-29-10-7-18-12-23(31-2)24(32-3)13-19(18)15-27(29)30;5-2(4(8)9)1-3(6)7/h12-14,16,21H,6-11,15,17H2,1-5H3;2,5H,1H2,(H,6,7)(H,8,9)/p-2/t21-;2-/m10/s1. The maximum atomic E-state index is 12.9. The molecule has 0 radical (unpaired) electrons. The van der Waals surface area contributed by atoms with Crippen LogP contribution in [0.2, 0.25) is 0 Å². The molecule has 1 N–H and O–H groups in total. The number of carboxylic acids is 2. The van der Waals surface area contributed by atoms with Crippen molar-refractivity contribution in [1.29, 1.82) is 0 Å². The highest BCUT2D eigenvalue weighted by molar-refractivity contribution is 5.80. The van der Waals surface area contributed by atoms with E-state index in [1.165, 1.54) is 16.7 Å². The summed E-state index contributed by atoms with van der Waals surface area (Å²) in [7, 11) is 8.79. The number of fused-ring (bicyclic) bond motifs is 2. The summed E-state index contributed by atoms with van der Waals surface area (Å²) in [5.41, 5.74) is 4.91. The molecule has 43 heavy (non-hydrogen) atoms. The van der Waals surface area contributed by atoms with E-state index in [9.17, 15) is 24.6 Å². The zero-order valence-corrected chi connectivity index (χ0v) is 25.3. The van der Waals surface area contributed by atoms with Crippen molar-refractivity contribution < 1.29 is 48.7 Å². The van der Waals surface area contributed by atoms with Crippen LogP contribution in [0.3, 0.4) is 0 Å². The first-order valence-electron chi connectivity index (χ1n) is 14.0. The molecular formula is C31H40N2O10-2. The van der Waals surface area contributed by atoms with Gasteiger partial charge in [0.2, 0.25) is 5.91 Å². The van der Waals surface area contributed by atoms with Crippen LogP contribution in [0.15, 0.2) is 24.3 Å². The highest BCUT2D eigenvalue weighted by Crippen LogP contribution is 2.42. The van der Waals surface area contributed by atoms with Crippen molar-refractivity contribution in [3.8, 4) is 23.0 Å². The summed E-state index contributed by atoms with van der Waals surface area (Å²) in [6.45, 7) is 3.47. The van der Waals surface area contributed by atoms with E-state index in [-0.39, 0.29) is 5.91 Å². The maximum absolute atomic E-state index is 12.9. The molecule has 0 bridgehead atoms. The van der Waals surface area contributed by atoms with Crippen LogP contribution in [0.5, 0.6) is 23.0 Å². The highest BCUT2D eigenvalue weighted by Gasteiger charge is 2.29. The van der Waals surface area contributed by atoms with Gasteiger partial charge in [0.05, 0.1) is 46.9 Å². The molecule has 0 saturated carbocycles. The van der Waals surface area contributed by atoms with Gasteiger partial charge in [0, 0.05) is 37.9 Å².